The number of hydrogen-bond acceptors (Lipinski definition) is 3. The van der Waals surface area contributed by atoms with Gasteiger partial charge in [-0.1, -0.05) is 60.7 Å². The van der Waals surface area contributed by atoms with Gasteiger partial charge in [0, 0.05) is 51.9 Å². The summed E-state index contributed by atoms with van der Waals surface area (Å²) in [6.07, 6.45) is 0. The van der Waals surface area contributed by atoms with Gasteiger partial charge in [0.1, 0.15) is 0 Å². The Labute approximate surface area is 162 Å². The Hall–Kier alpha value is -2.37. The van der Waals surface area contributed by atoms with Crippen molar-refractivity contribution in [1.29, 1.82) is 0 Å². The molecule has 5 nitrogen and oxygen atoms in total. The third kappa shape index (κ3) is 6.70. The second-order valence-electron chi connectivity index (χ2n) is 7.28. The third-order valence-corrected chi connectivity index (χ3v) is 4.92. The summed E-state index contributed by atoms with van der Waals surface area (Å²) in [6, 6.07) is 20.6. The van der Waals surface area contributed by atoms with Crippen molar-refractivity contribution >= 4 is 6.03 Å². The van der Waals surface area contributed by atoms with E-state index >= 15 is 0 Å². The highest BCUT2D eigenvalue weighted by Crippen LogP contribution is 2.08. The van der Waals surface area contributed by atoms with Gasteiger partial charge in [0.25, 0.3) is 0 Å². The van der Waals surface area contributed by atoms with Crippen LogP contribution in [0.25, 0.3) is 0 Å². The molecule has 0 aromatic heterocycles. The van der Waals surface area contributed by atoms with Gasteiger partial charge in [-0.2, -0.15) is 0 Å². The quantitative estimate of drug-likeness (QED) is 0.792. The molecule has 1 saturated heterocycles. The molecule has 0 spiro atoms. The lowest BCUT2D eigenvalue weighted by Crippen LogP contribution is -2.51. The first-order valence-electron chi connectivity index (χ1n) is 9.76. The van der Waals surface area contributed by atoms with Crippen LogP contribution in [0.3, 0.4) is 0 Å². The van der Waals surface area contributed by atoms with E-state index in [1.54, 1.807) is 0 Å². The van der Waals surface area contributed by atoms with Crippen LogP contribution in [0.2, 0.25) is 0 Å². The van der Waals surface area contributed by atoms with E-state index in [2.05, 4.69) is 57.7 Å². The van der Waals surface area contributed by atoms with Crippen molar-refractivity contribution in [2.24, 2.45) is 0 Å². The smallest absolute Gasteiger partial charge is 0.315 e. The van der Waals surface area contributed by atoms with E-state index in [0.717, 1.165) is 44.8 Å². The number of carbonyl (C=O) groups is 1. The first-order chi connectivity index (χ1) is 13.2. The molecule has 1 aliphatic rings. The molecular formula is C22H30N4O. The standard InChI is InChI=1S/C22H30N4O/c1-19(24-22(27)23-16-20-8-4-2-5-9-20)17-25-12-14-26(15-13-25)18-21-10-6-3-7-11-21/h2-11,19H,12-18H2,1H3,(H2,23,24,27)/t19-/m0/s1. The predicted molar refractivity (Wildman–Crippen MR) is 109 cm³/mol. The van der Waals surface area contributed by atoms with Gasteiger partial charge in [-0.3, -0.25) is 9.80 Å². The Morgan fingerprint density at radius 1 is 0.889 bits per heavy atom. The topological polar surface area (TPSA) is 47.6 Å². The molecule has 144 valence electrons. The van der Waals surface area contributed by atoms with Crippen LogP contribution in [0, 0.1) is 0 Å². The largest absolute Gasteiger partial charge is 0.334 e. The van der Waals surface area contributed by atoms with Crippen LogP contribution < -0.4 is 10.6 Å². The van der Waals surface area contributed by atoms with E-state index in [4.69, 9.17) is 0 Å². The molecule has 0 saturated carbocycles. The maximum Gasteiger partial charge on any atom is 0.315 e. The Morgan fingerprint density at radius 3 is 2.07 bits per heavy atom. The lowest BCUT2D eigenvalue weighted by molar-refractivity contribution is 0.120. The Balaban J connectivity index is 1.33. The molecule has 5 heteroatoms. The highest BCUT2D eigenvalue weighted by Gasteiger charge is 2.19. The van der Waals surface area contributed by atoms with E-state index in [0.29, 0.717) is 6.54 Å². The first-order valence-corrected chi connectivity index (χ1v) is 9.76. The molecule has 0 unspecified atom stereocenters. The Bertz CT molecular complexity index is 684. The van der Waals surface area contributed by atoms with E-state index in [-0.39, 0.29) is 12.1 Å². The highest BCUT2D eigenvalue weighted by atomic mass is 16.2. The Kier molecular flexibility index (Phi) is 7.25. The van der Waals surface area contributed by atoms with E-state index in [1.807, 2.05) is 30.3 Å². The monoisotopic (exact) mass is 366 g/mol. The van der Waals surface area contributed by atoms with Crippen LogP contribution in [0.15, 0.2) is 60.7 Å². The lowest BCUT2D eigenvalue weighted by Gasteiger charge is -2.36. The molecule has 3 rings (SSSR count). The molecule has 1 fully saturated rings. The Morgan fingerprint density at radius 2 is 1.44 bits per heavy atom. The average molecular weight is 367 g/mol. The van der Waals surface area contributed by atoms with Crippen molar-refractivity contribution < 1.29 is 4.79 Å². The van der Waals surface area contributed by atoms with Crippen molar-refractivity contribution in [3.8, 4) is 0 Å². The molecule has 0 bridgehead atoms. The molecule has 2 aromatic rings. The summed E-state index contributed by atoms with van der Waals surface area (Å²) in [5.74, 6) is 0. The van der Waals surface area contributed by atoms with E-state index in [1.165, 1.54) is 5.56 Å². The maximum atomic E-state index is 12.1. The summed E-state index contributed by atoms with van der Waals surface area (Å²) in [6.45, 7) is 8.76. The molecule has 0 aliphatic carbocycles. The number of amides is 2. The molecule has 2 amide bonds. The number of urea groups is 1. The molecular weight excluding hydrogens is 336 g/mol. The second kappa shape index (κ2) is 10.1. The summed E-state index contributed by atoms with van der Waals surface area (Å²) in [5.41, 5.74) is 2.48. The zero-order valence-electron chi connectivity index (χ0n) is 16.1. The fourth-order valence-electron chi connectivity index (χ4n) is 3.46. The SMILES string of the molecule is C[C@@H](CN1CCN(Cc2ccccc2)CC1)NC(=O)NCc1ccccc1. The molecule has 2 N–H and O–H groups in total. The minimum atomic E-state index is -0.103. The third-order valence-electron chi connectivity index (χ3n) is 4.92. The molecule has 1 heterocycles. The molecule has 1 atom stereocenters. The molecule has 0 radical (unpaired) electrons. The zero-order chi connectivity index (χ0) is 18.9. The summed E-state index contributed by atoms with van der Waals surface area (Å²) >= 11 is 0. The lowest BCUT2D eigenvalue weighted by atomic mass is 10.2. The normalized spacial score (nSPS) is 16.6. The van der Waals surface area contributed by atoms with Crippen molar-refractivity contribution in [3.63, 3.8) is 0 Å². The highest BCUT2D eigenvalue weighted by molar-refractivity contribution is 5.74. The number of nitrogens with one attached hydrogen (secondary N) is 2. The molecule has 2 aromatic carbocycles. The number of benzene rings is 2. The number of carbonyl (C=O) groups excluding carboxylic acids is 1. The zero-order valence-corrected chi connectivity index (χ0v) is 16.1. The van der Waals surface area contributed by atoms with Gasteiger partial charge in [0.05, 0.1) is 0 Å². The van der Waals surface area contributed by atoms with Gasteiger partial charge in [-0.05, 0) is 18.1 Å². The summed E-state index contributed by atoms with van der Waals surface area (Å²) < 4.78 is 0. The van der Waals surface area contributed by atoms with Crippen molar-refractivity contribution in [3.05, 3.63) is 71.8 Å². The van der Waals surface area contributed by atoms with Gasteiger partial charge in [-0.15, -0.1) is 0 Å². The molecule has 27 heavy (non-hydrogen) atoms. The van der Waals surface area contributed by atoms with Crippen LogP contribution in [0.5, 0.6) is 0 Å². The minimum absolute atomic E-state index is 0.103. The van der Waals surface area contributed by atoms with Gasteiger partial charge in [-0.25, -0.2) is 4.79 Å². The van der Waals surface area contributed by atoms with Crippen molar-refractivity contribution in [2.45, 2.75) is 26.1 Å². The fraction of sp³-hybridized carbons (Fsp3) is 0.409. The van der Waals surface area contributed by atoms with E-state index < -0.39 is 0 Å². The van der Waals surface area contributed by atoms with E-state index in [9.17, 15) is 4.79 Å². The van der Waals surface area contributed by atoms with Crippen molar-refractivity contribution in [2.75, 3.05) is 32.7 Å². The van der Waals surface area contributed by atoms with Crippen LogP contribution in [0.4, 0.5) is 4.79 Å². The van der Waals surface area contributed by atoms with Gasteiger partial charge >= 0.3 is 6.03 Å². The van der Waals surface area contributed by atoms with Crippen LogP contribution in [0.1, 0.15) is 18.1 Å². The van der Waals surface area contributed by atoms with Gasteiger partial charge in [0.2, 0.25) is 0 Å². The number of hydrogen-bond donors (Lipinski definition) is 2. The van der Waals surface area contributed by atoms with Gasteiger partial charge in [0.15, 0.2) is 0 Å². The first kappa shape index (κ1) is 19.4. The van der Waals surface area contributed by atoms with Crippen LogP contribution in [-0.4, -0.2) is 54.6 Å². The maximum absolute atomic E-state index is 12.1. The van der Waals surface area contributed by atoms with Crippen molar-refractivity contribution in [1.82, 2.24) is 20.4 Å². The van der Waals surface area contributed by atoms with Crippen LogP contribution in [-0.2, 0) is 13.1 Å². The number of piperazine rings is 1. The summed E-state index contributed by atoms with van der Waals surface area (Å²) in [5, 5.41) is 5.97. The summed E-state index contributed by atoms with van der Waals surface area (Å²) in [4.78, 5) is 17.0. The minimum Gasteiger partial charge on any atom is -0.334 e. The number of rotatable bonds is 7. The summed E-state index contributed by atoms with van der Waals surface area (Å²) in [7, 11) is 0. The average Bonchev–Trinajstić information content (AvgIpc) is 2.69. The fourth-order valence-corrected chi connectivity index (χ4v) is 3.46. The van der Waals surface area contributed by atoms with Gasteiger partial charge < -0.3 is 10.6 Å². The predicted octanol–water partition coefficient (Wildman–Crippen LogP) is 2.69. The number of nitrogens with zero attached hydrogens (tertiary/aromatic N) is 2. The second-order valence-corrected chi connectivity index (χ2v) is 7.28. The molecule has 1 aliphatic heterocycles. The van der Waals surface area contributed by atoms with Crippen LogP contribution >= 0.6 is 0 Å².